The van der Waals surface area contributed by atoms with Gasteiger partial charge in [-0.3, -0.25) is 4.79 Å². The van der Waals surface area contributed by atoms with Crippen molar-refractivity contribution in [3.05, 3.63) is 70.6 Å². The average Bonchev–Trinajstić information content (AvgIpc) is 2.56. The number of ether oxygens (including phenoxy) is 1. The van der Waals surface area contributed by atoms with E-state index in [1.807, 2.05) is 6.07 Å². The van der Waals surface area contributed by atoms with Crippen LogP contribution in [0.1, 0.15) is 5.56 Å². The van der Waals surface area contributed by atoms with Crippen LogP contribution in [0.15, 0.2) is 59.5 Å². The summed E-state index contributed by atoms with van der Waals surface area (Å²) in [4.78, 5) is 12.4. The van der Waals surface area contributed by atoms with Crippen molar-refractivity contribution in [1.82, 2.24) is 9.78 Å². The molecule has 1 heterocycles. The zero-order valence-corrected chi connectivity index (χ0v) is 12.5. The summed E-state index contributed by atoms with van der Waals surface area (Å²) in [7, 11) is 0. The van der Waals surface area contributed by atoms with Crippen LogP contribution in [-0.2, 0) is 6.54 Å². The van der Waals surface area contributed by atoms with Gasteiger partial charge in [-0.05, 0) is 23.8 Å². The predicted octanol–water partition coefficient (Wildman–Crippen LogP) is 3.39. The standard InChI is InChI=1S/C17H13F3N2O2/c18-17(19,20)11-24-14-6-3-4-12(8-14)10-22-16(23)15-7-2-1-5-13(15)9-21-22/h1-9H,10-11H2. The number of benzene rings is 2. The molecule has 7 heteroatoms. The van der Waals surface area contributed by atoms with E-state index in [9.17, 15) is 18.0 Å². The molecule has 4 nitrogen and oxygen atoms in total. The second-order valence-electron chi connectivity index (χ2n) is 5.25. The largest absolute Gasteiger partial charge is 0.484 e. The highest BCUT2D eigenvalue weighted by Gasteiger charge is 2.28. The van der Waals surface area contributed by atoms with Gasteiger partial charge in [-0.25, -0.2) is 4.68 Å². The van der Waals surface area contributed by atoms with Gasteiger partial charge in [0.25, 0.3) is 5.56 Å². The van der Waals surface area contributed by atoms with Crippen molar-refractivity contribution >= 4 is 10.8 Å². The molecule has 0 atom stereocenters. The number of rotatable bonds is 4. The molecule has 2 aromatic carbocycles. The first-order valence-electron chi connectivity index (χ1n) is 7.16. The summed E-state index contributed by atoms with van der Waals surface area (Å²) >= 11 is 0. The summed E-state index contributed by atoms with van der Waals surface area (Å²) in [6.45, 7) is -1.21. The van der Waals surface area contributed by atoms with E-state index < -0.39 is 12.8 Å². The highest BCUT2D eigenvalue weighted by molar-refractivity contribution is 5.80. The average molecular weight is 334 g/mol. The summed E-state index contributed by atoms with van der Waals surface area (Å²) in [5.74, 6) is 0.0960. The molecule has 0 aliphatic rings. The Morgan fingerprint density at radius 1 is 1.08 bits per heavy atom. The van der Waals surface area contributed by atoms with Gasteiger partial charge in [0.1, 0.15) is 5.75 Å². The lowest BCUT2D eigenvalue weighted by Gasteiger charge is -2.11. The van der Waals surface area contributed by atoms with Crippen molar-refractivity contribution < 1.29 is 17.9 Å². The third-order valence-electron chi connectivity index (χ3n) is 3.40. The van der Waals surface area contributed by atoms with Gasteiger partial charge in [-0.2, -0.15) is 18.3 Å². The number of nitrogens with zero attached hydrogens (tertiary/aromatic N) is 2. The van der Waals surface area contributed by atoms with Gasteiger partial charge in [-0.1, -0.05) is 30.3 Å². The Morgan fingerprint density at radius 3 is 2.67 bits per heavy atom. The highest BCUT2D eigenvalue weighted by Crippen LogP contribution is 2.19. The summed E-state index contributed by atoms with van der Waals surface area (Å²) in [6.07, 6.45) is -2.81. The first kappa shape index (κ1) is 16.0. The van der Waals surface area contributed by atoms with Crippen molar-refractivity contribution in [3.8, 4) is 5.75 Å². The molecule has 124 valence electrons. The van der Waals surface area contributed by atoms with Crippen molar-refractivity contribution in [3.63, 3.8) is 0 Å². The van der Waals surface area contributed by atoms with Crippen LogP contribution in [0, 0.1) is 0 Å². The van der Waals surface area contributed by atoms with E-state index in [-0.39, 0.29) is 17.9 Å². The maximum Gasteiger partial charge on any atom is 0.422 e. The minimum atomic E-state index is -4.40. The lowest BCUT2D eigenvalue weighted by atomic mass is 10.2. The molecule has 0 saturated heterocycles. The summed E-state index contributed by atoms with van der Waals surface area (Å²) in [6, 6.07) is 13.3. The minimum absolute atomic E-state index is 0.0960. The molecule has 3 rings (SSSR count). The number of alkyl halides is 3. The topological polar surface area (TPSA) is 44.1 Å². The van der Waals surface area contributed by atoms with Crippen LogP contribution >= 0.6 is 0 Å². The fourth-order valence-corrected chi connectivity index (χ4v) is 2.31. The number of aromatic nitrogens is 2. The van der Waals surface area contributed by atoms with Crippen LogP contribution in [0.25, 0.3) is 10.8 Å². The first-order chi connectivity index (χ1) is 11.4. The van der Waals surface area contributed by atoms with E-state index in [1.54, 1.807) is 36.5 Å². The Balaban J connectivity index is 1.84. The molecule has 0 aliphatic heterocycles. The van der Waals surface area contributed by atoms with Gasteiger partial charge in [0.2, 0.25) is 0 Å². The van der Waals surface area contributed by atoms with Crippen molar-refractivity contribution in [1.29, 1.82) is 0 Å². The molecular weight excluding hydrogens is 321 g/mol. The fraction of sp³-hybridized carbons (Fsp3) is 0.176. The Bertz CT molecular complexity index is 919. The molecule has 1 aromatic heterocycles. The second kappa shape index (κ2) is 6.35. The van der Waals surface area contributed by atoms with E-state index in [0.29, 0.717) is 10.9 Å². The van der Waals surface area contributed by atoms with Crippen LogP contribution in [0.3, 0.4) is 0 Å². The smallest absolute Gasteiger partial charge is 0.422 e. The van der Waals surface area contributed by atoms with E-state index >= 15 is 0 Å². The third kappa shape index (κ3) is 3.73. The number of fused-ring (bicyclic) bond motifs is 1. The maximum atomic E-state index is 12.4. The van der Waals surface area contributed by atoms with Gasteiger partial charge < -0.3 is 4.74 Å². The molecule has 0 N–H and O–H groups in total. The Labute approximate surface area is 135 Å². The molecule has 0 unspecified atom stereocenters. The summed E-state index contributed by atoms with van der Waals surface area (Å²) in [5, 5.41) is 5.38. The molecule has 3 aromatic rings. The SMILES string of the molecule is O=c1c2ccccc2cnn1Cc1cccc(OCC(F)(F)F)c1. The van der Waals surface area contributed by atoms with Crippen LogP contribution in [-0.4, -0.2) is 22.6 Å². The van der Waals surface area contributed by atoms with Gasteiger partial charge in [-0.15, -0.1) is 0 Å². The van der Waals surface area contributed by atoms with Crippen LogP contribution in [0.4, 0.5) is 13.2 Å². The van der Waals surface area contributed by atoms with Crippen molar-refractivity contribution in [2.75, 3.05) is 6.61 Å². The Kier molecular flexibility index (Phi) is 4.24. The zero-order valence-electron chi connectivity index (χ0n) is 12.5. The number of hydrogen-bond acceptors (Lipinski definition) is 3. The van der Waals surface area contributed by atoms with E-state index in [0.717, 1.165) is 5.39 Å². The lowest BCUT2D eigenvalue weighted by molar-refractivity contribution is -0.153. The van der Waals surface area contributed by atoms with Crippen LogP contribution in [0.2, 0.25) is 0 Å². The zero-order chi connectivity index (χ0) is 17.2. The predicted molar refractivity (Wildman–Crippen MR) is 83.1 cm³/mol. The lowest BCUT2D eigenvalue weighted by Crippen LogP contribution is -2.23. The molecule has 0 amide bonds. The highest BCUT2D eigenvalue weighted by atomic mass is 19.4. The number of hydrogen-bond donors (Lipinski definition) is 0. The molecule has 0 radical (unpaired) electrons. The van der Waals surface area contributed by atoms with Gasteiger partial charge >= 0.3 is 6.18 Å². The van der Waals surface area contributed by atoms with Crippen molar-refractivity contribution in [2.24, 2.45) is 0 Å². The van der Waals surface area contributed by atoms with Crippen LogP contribution < -0.4 is 10.3 Å². The molecule has 0 fully saturated rings. The molecule has 0 bridgehead atoms. The Morgan fingerprint density at radius 2 is 1.88 bits per heavy atom. The normalized spacial score (nSPS) is 11.6. The summed E-state index contributed by atoms with van der Waals surface area (Å²) < 4.78 is 42.6. The van der Waals surface area contributed by atoms with E-state index in [2.05, 4.69) is 5.10 Å². The fourth-order valence-electron chi connectivity index (χ4n) is 2.31. The molecular formula is C17H13F3N2O2. The molecule has 24 heavy (non-hydrogen) atoms. The van der Waals surface area contributed by atoms with E-state index in [4.69, 9.17) is 4.74 Å². The second-order valence-corrected chi connectivity index (χ2v) is 5.25. The van der Waals surface area contributed by atoms with Crippen LogP contribution in [0.5, 0.6) is 5.75 Å². The van der Waals surface area contributed by atoms with Gasteiger partial charge in [0.05, 0.1) is 18.1 Å². The van der Waals surface area contributed by atoms with Crippen molar-refractivity contribution in [2.45, 2.75) is 12.7 Å². The molecule has 0 saturated carbocycles. The monoisotopic (exact) mass is 334 g/mol. The first-order valence-corrected chi connectivity index (χ1v) is 7.16. The maximum absolute atomic E-state index is 12.4. The van der Waals surface area contributed by atoms with E-state index in [1.165, 1.54) is 16.8 Å². The Hall–Kier alpha value is -2.83. The molecule has 0 spiro atoms. The summed E-state index contributed by atoms with van der Waals surface area (Å²) in [5.41, 5.74) is 0.370. The minimum Gasteiger partial charge on any atom is -0.484 e. The molecule has 0 aliphatic carbocycles. The van der Waals surface area contributed by atoms with Gasteiger partial charge in [0.15, 0.2) is 6.61 Å². The number of halogens is 3. The third-order valence-corrected chi connectivity index (χ3v) is 3.40. The quantitative estimate of drug-likeness (QED) is 0.735. The van der Waals surface area contributed by atoms with Gasteiger partial charge in [0, 0.05) is 5.39 Å².